The minimum absolute atomic E-state index is 0.0219. The van der Waals surface area contributed by atoms with Crippen LogP contribution in [0.15, 0.2) is 66.7 Å². The normalized spacial score (nSPS) is 14.2. The average Bonchev–Trinajstić information content (AvgIpc) is 3.64. The van der Waals surface area contributed by atoms with E-state index in [9.17, 15) is 14.0 Å². The summed E-state index contributed by atoms with van der Waals surface area (Å²) in [6, 6.07) is 17.4. The van der Waals surface area contributed by atoms with Crippen LogP contribution in [0, 0.1) is 5.82 Å². The number of aromatic nitrogens is 3. The van der Waals surface area contributed by atoms with Crippen LogP contribution in [0.25, 0.3) is 11.0 Å². The van der Waals surface area contributed by atoms with Gasteiger partial charge in [-0.15, -0.1) is 5.10 Å². The molecule has 4 aromatic rings. The lowest BCUT2D eigenvalue weighted by Gasteiger charge is -2.33. The van der Waals surface area contributed by atoms with Crippen molar-refractivity contribution in [3.8, 4) is 11.5 Å². The number of para-hydroxylation sites is 1. The monoisotopic (exact) mass is 545 g/mol. The summed E-state index contributed by atoms with van der Waals surface area (Å²) < 4.78 is 26.4. The summed E-state index contributed by atoms with van der Waals surface area (Å²) >= 11 is 0. The molecule has 1 N–H and O–H groups in total. The number of carbonyl (C=O) groups is 2. The van der Waals surface area contributed by atoms with Crippen molar-refractivity contribution in [2.75, 3.05) is 14.2 Å². The number of hydrogen-bond acceptors (Lipinski definition) is 6. The lowest BCUT2D eigenvalue weighted by Crippen LogP contribution is -2.46. The molecule has 1 saturated carbocycles. The van der Waals surface area contributed by atoms with Gasteiger partial charge >= 0.3 is 0 Å². The lowest BCUT2D eigenvalue weighted by molar-refractivity contribution is -0.142. The molecular weight excluding hydrogens is 513 g/mol. The maximum atomic E-state index is 14.1. The van der Waals surface area contributed by atoms with Crippen molar-refractivity contribution in [2.24, 2.45) is 0 Å². The minimum Gasteiger partial charge on any atom is -0.497 e. The zero-order valence-corrected chi connectivity index (χ0v) is 22.5. The van der Waals surface area contributed by atoms with Gasteiger partial charge in [-0.1, -0.05) is 42.3 Å². The van der Waals surface area contributed by atoms with Crippen molar-refractivity contribution in [3.05, 3.63) is 83.7 Å². The third-order valence-corrected chi connectivity index (χ3v) is 7.28. The van der Waals surface area contributed by atoms with Gasteiger partial charge in [-0.3, -0.25) is 9.59 Å². The zero-order valence-electron chi connectivity index (χ0n) is 22.5. The Bertz CT molecular complexity index is 1480. The Morgan fingerprint density at radius 2 is 1.80 bits per heavy atom. The molecule has 0 aliphatic heterocycles. The topological polar surface area (TPSA) is 98.6 Å². The van der Waals surface area contributed by atoms with E-state index in [2.05, 4.69) is 15.6 Å². The summed E-state index contributed by atoms with van der Waals surface area (Å²) in [5.41, 5.74) is 2.50. The highest BCUT2D eigenvalue weighted by Crippen LogP contribution is 2.35. The zero-order chi connectivity index (χ0) is 28.1. The molecule has 1 fully saturated rings. The molecule has 40 heavy (non-hydrogen) atoms. The summed E-state index contributed by atoms with van der Waals surface area (Å²) in [5, 5.41) is 11.5. The molecule has 1 unspecified atom stereocenters. The van der Waals surface area contributed by atoms with Crippen molar-refractivity contribution in [1.82, 2.24) is 25.2 Å². The molecule has 3 aromatic carbocycles. The van der Waals surface area contributed by atoms with Crippen LogP contribution in [0.1, 0.15) is 42.9 Å². The highest BCUT2D eigenvalue weighted by molar-refractivity contribution is 5.90. The number of hydrogen-bond donors (Lipinski definition) is 1. The Labute approximate surface area is 231 Å². The van der Waals surface area contributed by atoms with Gasteiger partial charge < -0.3 is 19.7 Å². The fourth-order valence-electron chi connectivity index (χ4n) is 5.22. The molecule has 10 heteroatoms. The fraction of sp³-hybridized carbons (Fsp3) is 0.333. The minimum atomic E-state index is -1.06. The summed E-state index contributed by atoms with van der Waals surface area (Å²) in [6.45, 7) is -0.101. The molecule has 9 nitrogen and oxygen atoms in total. The number of methoxy groups -OCH3 is 2. The standard InChI is InChI=1S/C30H32FN5O4/c1-39-23-15-16-27(40-2)24(17-23)29(30(38)32-22-7-3-4-8-22)35(18-20-11-13-21(31)14-12-20)28(37)19-36-26-10-6-5-9-25(26)33-34-36/h5-6,9-17,22,29H,3-4,7-8,18-19H2,1-2H3,(H,32,38). The van der Waals surface area contributed by atoms with E-state index in [1.165, 1.54) is 35.9 Å². The number of nitrogens with zero attached hydrogens (tertiary/aromatic N) is 4. The van der Waals surface area contributed by atoms with Crippen molar-refractivity contribution < 1.29 is 23.5 Å². The van der Waals surface area contributed by atoms with E-state index >= 15 is 0 Å². The first kappa shape index (κ1) is 27.1. The van der Waals surface area contributed by atoms with Crippen LogP contribution >= 0.6 is 0 Å². The molecule has 0 spiro atoms. The van der Waals surface area contributed by atoms with E-state index in [0.717, 1.165) is 25.7 Å². The molecule has 208 valence electrons. The number of halogens is 1. The highest BCUT2D eigenvalue weighted by Gasteiger charge is 2.36. The van der Waals surface area contributed by atoms with E-state index in [-0.39, 0.29) is 36.8 Å². The van der Waals surface area contributed by atoms with Crippen LogP contribution in [-0.2, 0) is 22.7 Å². The third-order valence-electron chi connectivity index (χ3n) is 7.28. The van der Waals surface area contributed by atoms with Crippen LogP contribution < -0.4 is 14.8 Å². The molecule has 1 aliphatic rings. The maximum absolute atomic E-state index is 14.1. The lowest BCUT2D eigenvalue weighted by atomic mass is 10.0. The van der Waals surface area contributed by atoms with Gasteiger partial charge in [0.2, 0.25) is 11.8 Å². The smallest absolute Gasteiger partial charge is 0.247 e. The second-order valence-corrected chi connectivity index (χ2v) is 9.88. The quantitative estimate of drug-likeness (QED) is 0.317. The third kappa shape index (κ3) is 5.90. The molecule has 1 aromatic heterocycles. The predicted molar refractivity (Wildman–Crippen MR) is 147 cm³/mol. The number of amides is 2. The SMILES string of the molecule is COc1ccc(OC)c(C(C(=O)NC2CCCC2)N(Cc2ccc(F)cc2)C(=O)Cn2nnc3ccccc32)c1. The average molecular weight is 546 g/mol. The number of benzene rings is 3. The molecule has 0 saturated heterocycles. The Hall–Kier alpha value is -4.47. The highest BCUT2D eigenvalue weighted by atomic mass is 19.1. The Kier molecular flexibility index (Phi) is 8.23. The van der Waals surface area contributed by atoms with Gasteiger partial charge in [0.25, 0.3) is 0 Å². The van der Waals surface area contributed by atoms with Gasteiger partial charge in [0.1, 0.15) is 35.4 Å². The largest absolute Gasteiger partial charge is 0.497 e. The maximum Gasteiger partial charge on any atom is 0.247 e. The first-order chi connectivity index (χ1) is 19.5. The van der Waals surface area contributed by atoms with Gasteiger partial charge in [0, 0.05) is 18.2 Å². The first-order valence-corrected chi connectivity index (χ1v) is 13.3. The molecule has 1 heterocycles. The molecule has 5 rings (SSSR count). The van der Waals surface area contributed by atoms with Crippen molar-refractivity contribution in [2.45, 2.75) is 50.9 Å². The van der Waals surface area contributed by atoms with E-state index in [4.69, 9.17) is 9.47 Å². The molecule has 0 bridgehead atoms. The van der Waals surface area contributed by atoms with E-state index in [0.29, 0.717) is 33.7 Å². The second kappa shape index (κ2) is 12.1. The molecular formula is C30H32FN5O4. The van der Waals surface area contributed by atoms with Gasteiger partial charge in [0.05, 0.1) is 19.7 Å². The summed E-state index contributed by atoms with van der Waals surface area (Å²) in [7, 11) is 3.06. The Morgan fingerprint density at radius 1 is 1.05 bits per heavy atom. The number of fused-ring (bicyclic) bond motifs is 1. The molecule has 2 amide bonds. The number of rotatable bonds is 10. The second-order valence-electron chi connectivity index (χ2n) is 9.88. The van der Waals surface area contributed by atoms with Crippen LogP contribution in [0.3, 0.4) is 0 Å². The summed E-state index contributed by atoms with van der Waals surface area (Å²) in [5.74, 6) is -0.115. The van der Waals surface area contributed by atoms with E-state index < -0.39 is 6.04 Å². The first-order valence-electron chi connectivity index (χ1n) is 13.3. The molecule has 0 radical (unpaired) electrons. The van der Waals surface area contributed by atoms with Crippen molar-refractivity contribution >= 4 is 22.8 Å². The van der Waals surface area contributed by atoms with Crippen molar-refractivity contribution in [1.29, 1.82) is 0 Å². The summed E-state index contributed by atoms with van der Waals surface area (Å²) in [6.07, 6.45) is 3.83. The fourth-order valence-corrected chi connectivity index (χ4v) is 5.22. The molecule has 1 aliphatic carbocycles. The van der Waals surface area contributed by atoms with E-state index in [1.54, 1.807) is 30.3 Å². The van der Waals surface area contributed by atoms with Crippen LogP contribution in [0.5, 0.6) is 11.5 Å². The van der Waals surface area contributed by atoms with Gasteiger partial charge in [0.15, 0.2) is 0 Å². The van der Waals surface area contributed by atoms with Gasteiger partial charge in [-0.05, 0) is 60.9 Å². The Morgan fingerprint density at radius 3 is 2.52 bits per heavy atom. The van der Waals surface area contributed by atoms with Gasteiger partial charge in [-0.2, -0.15) is 0 Å². The van der Waals surface area contributed by atoms with Crippen LogP contribution in [-0.4, -0.2) is 52.0 Å². The number of carbonyl (C=O) groups excluding carboxylic acids is 2. The van der Waals surface area contributed by atoms with Crippen LogP contribution in [0.4, 0.5) is 4.39 Å². The van der Waals surface area contributed by atoms with Gasteiger partial charge in [-0.25, -0.2) is 9.07 Å². The Balaban J connectivity index is 1.59. The van der Waals surface area contributed by atoms with Crippen LogP contribution in [0.2, 0.25) is 0 Å². The predicted octanol–water partition coefficient (Wildman–Crippen LogP) is 4.42. The number of nitrogens with one attached hydrogen (secondary N) is 1. The molecule has 1 atom stereocenters. The van der Waals surface area contributed by atoms with E-state index in [1.807, 2.05) is 24.3 Å². The van der Waals surface area contributed by atoms with Crippen molar-refractivity contribution in [3.63, 3.8) is 0 Å². The summed E-state index contributed by atoms with van der Waals surface area (Å²) in [4.78, 5) is 29.7. The number of ether oxygens (including phenoxy) is 2.